The van der Waals surface area contributed by atoms with Gasteiger partial charge >= 0.3 is 11.1 Å². The fourth-order valence-corrected chi connectivity index (χ4v) is 2.23. The van der Waals surface area contributed by atoms with Gasteiger partial charge < -0.3 is 4.74 Å². The summed E-state index contributed by atoms with van der Waals surface area (Å²) in [6.07, 6.45) is 3.12. The van der Waals surface area contributed by atoms with Crippen LogP contribution in [-0.4, -0.2) is 32.6 Å². The predicted molar refractivity (Wildman–Crippen MR) is 54.8 cm³/mol. The molecule has 1 aromatic rings. The van der Waals surface area contributed by atoms with E-state index >= 15 is 0 Å². The molecule has 7 heteroatoms. The number of ether oxygens (including phenoxy) is 1. The molecule has 1 aromatic heterocycles. The van der Waals surface area contributed by atoms with E-state index in [0.717, 1.165) is 12.4 Å². The van der Waals surface area contributed by atoms with Gasteiger partial charge in [-0.05, 0) is 0 Å². The third kappa shape index (κ3) is 2.48. The maximum absolute atomic E-state index is 11.3. The molecule has 1 fully saturated rings. The zero-order chi connectivity index (χ0) is 10.7. The molecule has 0 saturated carbocycles. The van der Waals surface area contributed by atoms with Crippen molar-refractivity contribution in [1.29, 1.82) is 0 Å². The molecular formula is C8H10N3O3S. The SMILES string of the molecule is O=c1[nH]n[c]n(CCC2OCCS2)c1=O. The molecule has 6 nitrogen and oxygen atoms in total. The summed E-state index contributed by atoms with van der Waals surface area (Å²) >= 11 is 1.71. The van der Waals surface area contributed by atoms with Crippen LogP contribution < -0.4 is 11.1 Å². The fourth-order valence-electron chi connectivity index (χ4n) is 1.31. The lowest BCUT2D eigenvalue weighted by Crippen LogP contribution is -2.37. The zero-order valence-corrected chi connectivity index (χ0v) is 8.75. The van der Waals surface area contributed by atoms with Crippen LogP contribution in [0.1, 0.15) is 6.42 Å². The number of H-pyrrole nitrogens is 1. The van der Waals surface area contributed by atoms with Crippen LogP contribution in [-0.2, 0) is 11.3 Å². The molecule has 1 atom stereocenters. The van der Waals surface area contributed by atoms with E-state index in [-0.39, 0.29) is 5.44 Å². The Morgan fingerprint density at radius 1 is 1.67 bits per heavy atom. The molecule has 1 unspecified atom stereocenters. The molecule has 2 rings (SSSR count). The van der Waals surface area contributed by atoms with E-state index in [1.165, 1.54) is 4.57 Å². The van der Waals surface area contributed by atoms with Crippen LogP contribution in [0, 0.1) is 6.33 Å². The first-order chi connectivity index (χ1) is 7.27. The van der Waals surface area contributed by atoms with Crippen molar-refractivity contribution in [2.75, 3.05) is 12.4 Å². The predicted octanol–water partition coefficient (Wildman–Crippen LogP) is -0.789. The van der Waals surface area contributed by atoms with E-state index in [2.05, 4.69) is 11.4 Å². The molecule has 1 radical (unpaired) electrons. The Bertz CT molecular complexity index is 435. The molecule has 0 spiro atoms. The molecule has 81 valence electrons. The highest BCUT2D eigenvalue weighted by Gasteiger charge is 2.16. The van der Waals surface area contributed by atoms with Crippen molar-refractivity contribution in [3.8, 4) is 0 Å². The lowest BCUT2D eigenvalue weighted by Gasteiger charge is -2.08. The van der Waals surface area contributed by atoms with Crippen molar-refractivity contribution in [3.63, 3.8) is 0 Å². The molecule has 1 saturated heterocycles. The van der Waals surface area contributed by atoms with Gasteiger partial charge in [-0.3, -0.25) is 14.2 Å². The topological polar surface area (TPSA) is 77.0 Å². The van der Waals surface area contributed by atoms with Crippen molar-refractivity contribution in [2.45, 2.75) is 18.4 Å². The summed E-state index contributed by atoms with van der Waals surface area (Å²) in [6, 6.07) is 0. The number of nitrogens with zero attached hydrogens (tertiary/aromatic N) is 2. The van der Waals surface area contributed by atoms with E-state index in [1.54, 1.807) is 11.8 Å². The van der Waals surface area contributed by atoms with E-state index in [1.807, 2.05) is 5.10 Å². The van der Waals surface area contributed by atoms with Crippen LogP contribution in [0.3, 0.4) is 0 Å². The van der Waals surface area contributed by atoms with Gasteiger partial charge in [-0.1, -0.05) is 0 Å². The second-order valence-electron chi connectivity index (χ2n) is 3.07. The van der Waals surface area contributed by atoms with Crippen LogP contribution in [0.2, 0.25) is 0 Å². The Labute approximate surface area is 89.6 Å². The number of hydrogen-bond acceptors (Lipinski definition) is 5. The number of nitrogens with one attached hydrogen (secondary N) is 1. The third-order valence-electron chi connectivity index (χ3n) is 2.05. The summed E-state index contributed by atoms with van der Waals surface area (Å²) in [7, 11) is 0. The Morgan fingerprint density at radius 2 is 2.53 bits per heavy atom. The maximum Gasteiger partial charge on any atom is 0.330 e. The highest BCUT2D eigenvalue weighted by Crippen LogP contribution is 2.22. The average Bonchev–Trinajstić information content (AvgIpc) is 2.73. The Kier molecular flexibility index (Phi) is 3.22. The van der Waals surface area contributed by atoms with Gasteiger partial charge in [0.2, 0.25) is 6.33 Å². The molecule has 0 amide bonds. The van der Waals surface area contributed by atoms with Crippen LogP contribution in [0.25, 0.3) is 0 Å². The second kappa shape index (κ2) is 4.63. The summed E-state index contributed by atoms with van der Waals surface area (Å²) in [5, 5.41) is 5.48. The molecule has 1 aliphatic rings. The number of hydrogen-bond donors (Lipinski definition) is 1. The molecule has 1 N–H and O–H groups in total. The summed E-state index contributed by atoms with van der Waals surface area (Å²) < 4.78 is 6.55. The summed E-state index contributed by atoms with van der Waals surface area (Å²) in [5.74, 6) is 0.983. The molecule has 0 bridgehead atoms. The first kappa shape index (κ1) is 10.4. The standard InChI is InChI=1S/C8H10N3O3S/c12-7-8(13)11(5-9-10-7)2-1-6-14-3-4-15-6/h6H,1-4H2,(H,10,12). The zero-order valence-electron chi connectivity index (χ0n) is 7.93. The summed E-state index contributed by atoms with van der Waals surface area (Å²) in [6.45, 7) is 1.16. The number of rotatable bonds is 3. The highest BCUT2D eigenvalue weighted by atomic mass is 32.2. The van der Waals surface area contributed by atoms with Gasteiger partial charge in [0.05, 0.1) is 6.61 Å². The largest absolute Gasteiger partial charge is 0.367 e. The maximum atomic E-state index is 11.3. The van der Waals surface area contributed by atoms with Crippen molar-refractivity contribution in [1.82, 2.24) is 14.8 Å². The minimum absolute atomic E-state index is 0.115. The molecule has 0 aliphatic carbocycles. The lowest BCUT2D eigenvalue weighted by atomic mass is 10.4. The van der Waals surface area contributed by atoms with Gasteiger partial charge in [-0.2, -0.15) is 5.10 Å². The Balaban J connectivity index is 2.01. The quantitative estimate of drug-likeness (QED) is 0.686. The highest BCUT2D eigenvalue weighted by molar-refractivity contribution is 7.99. The van der Waals surface area contributed by atoms with Crippen LogP contribution in [0.15, 0.2) is 9.59 Å². The lowest BCUT2D eigenvalue weighted by molar-refractivity contribution is 0.133. The smallest absolute Gasteiger partial charge is 0.330 e. The molecular weight excluding hydrogens is 218 g/mol. The number of aromatic nitrogens is 3. The van der Waals surface area contributed by atoms with E-state index < -0.39 is 11.1 Å². The van der Waals surface area contributed by atoms with E-state index in [4.69, 9.17) is 4.74 Å². The number of thioether (sulfide) groups is 1. The minimum Gasteiger partial charge on any atom is -0.367 e. The van der Waals surface area contributed by atoms with Crippen LogP contribution >= 0.6 is 11.8 Å². The van der Waals surface area contributed by atoms with Crippen molar-refractivity contribution < 1.29 is 4.74 Å². The van der Waals surface area contributed by atoms with Crippen LogP contribution in [0.5, 0.6) is 0 Å². The van der Waals surface area contributed by atoms with Gasteiger partial charge in [0.15, 0.2) is 0 Å². The van der Waals surface area contributed by atoms with Gasteiger partial charge in [0, 0.05) is 18.7 Å². The van der Waals surface area contributed by atoms with E-state index in [0.29, 0.717) is 13.0 Å². The summed E-state index contributed by atoms with van der Waals surface area (Å²) in [4.78, 5) is 22.2. The third-order valence-corrected chi connectivity index (χ3v) is 3.19. The monoisotopic (exact) mass is 228 g/mol. The van der Waals surface area contributed by atoms with Crippen molar-refractivity contribution in [3.05, 3.63) is 27.0 Å². The molecule has 15 heavy (non-hydrogen) atoms. The van der Waals surface area contributed by atoms with Gasteiger partial charge in [-0.25, -0.2) is 5.10 Å². The van der Waals surface area contributed by atoms with Crippen molar-refractivity contribution in [2.24, 2.45) is 0 Å². The number of aromatic amines is 1. The van der Waals surface area contributed by atoms with Gasteiger partial charge in [-0.15, -0.1) is 11.8 Å². The minimum atomic E-state index is -0.714. The Morgan fingerprint density at radius 3 is 3.27 bits per heavy atom. The first-order valence-electron chi connectivity index (χ1n) is 4.58. The summed E-state index contributed by atoms with van der Waals surface area (Å²) in [5.41, 5.74) is -1.22. The van der Waals surface area contributed by atoms with Gasteiger partial charge in [0.1, 0.15) is 5.44 Å². The number of aryl methyl sites for hydroxylation is 1. The van der Waals surface area contributed by atoms with Gasteiger partial charge in [0.25, 0.3) is 0 Å². The molecule has 2 heterocycles. The Hall–Kier alpha value is -1.08. The van der Waals surface area contributed by atoms with Crippen molar-refractivity contribution >= 4 is 11.8 Å². The fraction of sp³-hybridized carbons (Fsp3) is 0.625. The second-order valence-corrected chi connectivity index (χ2v) is 4.34. The molecule has 1 aliphatic heterocycles. The average molecular weight is 228 g/mol. The first-order valence-corrected chi connectivity index (χ1v) is 5.62. The normalized spacial score (nSPS) is 20.7. The molecule has 0 aromatic carbocycles. The van der Waals surface area contributed by atoms with Crippen LogP contribution in [0.4, 0.5) is 0 Å². The van der Waals surface area contributed by atoms with E-state index in [9.17, 15) is 9.59 Å².